The van der Waals surface area contributed by atoms with Crippen molar-refractivity contribution >= 4 is 11.9 Å². The lowest BCUT2D eigenvalue weighted by Gasteiger charge is -2.42. The van der Waals surface area contributed by atoms with Crippen LogP contribution < -0.4 is 5.56 Å². The fourth-order valence-electron chi connectivity index (χ4n) is 4.70. The Bertz CT molecular complexity index is 1000. The summed E-state index contributed by atoms with van der Waals surface area (Å²) < 4.78 is 6.94. The number of carbonyl (C=O) groups excluding carboxylic acids is 2. The van der Waals surface area contributed by atoms with E-state index in [2.05, 4.69) is 4.98 Å². The number of nitrogens with one attached hydrogen (secondary N) is 1. The normalized spacial score (nSPS) is 20.6. The Labute approximate surface area is 163 Å². The smallest absolute Gasteiger partial charge is 0.355 e. The first-order valence-corrected chi connectivity index (χ1v) is 9.76. The maximum Gasteiger partial charge on any atom is 0.355 e. The topological polar surface area (TPSA) is 84.4 Å². The van der Waals surface area contributed by atoms with E-state index in [9.17, 15) is 14.4 Å². The lowest BCUT2D eigenvalue weighted by Crippen LogP contribution is -2.49. The number of esters is 1. The van der Waals surface area contributed by atoms with E-state index in [0.29, 0.717) is 42.1 Å². The number of hydrogen-bond acceptors (Lipinski definition) is 4. The first-order valence-electron chi connectivity index (χ1n) is 9.76. The molecule has 28 heavy (non-hydrogen) atoms. The molecule has 148 valence electrons. The van der Waals surface area contributed by atoms with Crippen LogP contribution in [-0.2, 0) is 11.3 Å². The van der Waals surface area contributed by atoms with Gasteiger partial charge in [-0.25, -0.2) is 4.79 Å². The molecule has 2 aromatic heterocycles. The quantitative estimate of drug-likeness (QED) is 0.824. The number of aromatic amines is 1. The molecule has 2 aliphatic rings. The SMILES string of the molecule is CCOC(=O)c1[nH]c(C)c(C(=O)N2C[C@@H]3C[C@H](C2)c2cccc(=O)n2C3)c1C. The van der Waals surface area contributed by atoms with Gasteiger partial charge in [0.1, 0.15) is 5.69 Å². The Kier molecular flexibility index (Phi) is 4.61. The molecule has 2 aliphatic heterocycles. The van der Waals surface area contributed by atoms with E-state index >= 15 is 0 Å². The molecule has 0 saturated carbocycles. The number of H-pyrrole nitrogens is 1. The second kappa shape index (κ2) is 6.96. The third kappa shape index (κ3) is 2.95. The van der Waals surface area contributed by atoms with Crippen molar-refractivity contribution in [1.29, 1.82) is 0 Å². The molecular formula is C21H25N3O4. The van der Waals surface area contributed by atoms with Crippen molar-refractivity contribution in [3.63, 3.8) is 0 Å². The summed E-state index contributed by atoms with van der Waals surface area (Å²) >= 11 is 0. The van der Waals surface area contributed by atoms with Crippen molar-refractivity contribution in [3.8, 4) is 0 Å². The number of nitrogens with zero attached hydrogens (tertiary/aromatic N) is 2. The molecule has 4 rings (SSSR count). The predicted octanol–water partition coefficient (Wildman–Crippen LogP) is 2.23. The van der Waals surface area contributed by atoms with Gasteiger partial charge in [0.05, 0.1) is 12.2 Å². The second-order valence-corrected chi connectivity index (χ2v) is 7.75. The van der Waals surface area contributed by atoms with Gasteiger partial charge in [-0.1, -0.05) is 6.07 Å². The monoisotopic (exact) mass is 383 g/mol. The third-order valence-corrected chi connectivity index (χ3v) is 5.90. The number of carbonyl (C=O) groups is 2. The standard InChI is InChI=1S/C21H25N3O4/c1-4-28-21(27)19-12(2)18(13(3)22-19)20(26)23-9-14-8-15(11-23)16-6-5-7-17(25)24(16)10-14/h5-7,14-15,22H,4,8-11H2,1-3H3/t14-,15+/m0/s1. The minimum absolute atomic E-state index is 0.0309. The Morgan fingerprint density at radius 1 is 1.21 bits per heavy atom. The van der Waals surface area contributed by atoms with E-state index in [4.69, 9.17) is 4.74 Å². The molecule has 1 saturated heterocycles. The summed E-state index contributed by atoms with van der Waals surface area (Å²) in [4.78, 5) is 42.6. The summed E-state index contributed by atoms with van der Waals surface area (Å²) in [7, 11) is 0. The van der Waals surface area contributed by atoms with Crippen molar-refractivity contribution in [3.05, 3.63) is 56.8 Å². The maximum absolute atomic E-state index is 13.3. The van der Waals surface area contributed by atoms with E-state index in [-0.39, 0.29) is 29.9 Å². The molecule has 2 atom stereocenters. The minimum Gasteiger partial charge on any atom is -0.461 e. The van der Waals surface area contributed by atoms with Gasteiger partial charge in [-0.05, 0) is 44.7 Å². The molecular weight excluding hydrogens is 358 g/mol. The van der Waals surface area contributed by atoms with Crippen LogP contribution >= 0.6 is 0 Å². The minimum atomic E-state index is -0.439. The maximum atomic E-state index is 13.3. The lowest BCUT2D eigenvalue weighted by atomic mass is 9.83. The number of rotatable bonds is 3. The number of fused-ring (bicyclic) bond motifs is 4. The Balaban J connectivity index is 1.63. The van der Waals surface area contributed by atoms with Gasteiger partial charge in [0.2, 0.25) is 0 Å². The Morgan fingerprint density at radius 2 is 2.00 bits per heavy atom. The predicted molar refractivity (Wildman–Crippen MR) is 104 cm³/mol. The molecule has 7 nitrogen and oxygen atoms in total. The molecule has 0 spiro atoms. The molecule has 0 aliphatic carbocycles. The van der Waals surface area contributed by atoms with E-state index < -0.39 is 5.97 Å². The number of piperidine rings is 1. The highest BCUT2D eigenvalue weighted by atomic mass is 16.5. The van der Waals surface area contributed by atoms with Gasteiger partial charge < -0.3 is 19.2 Å². The molecule has 4 heterocycles. The van der Waals surface area contributed by atoms with Crippen LogP contribution in [0.5, 0.6) is 0 Å². The van der Waals surface area contributed by atoms with E-state index in [1.807, 2.05) is 22.5 Å². The lowest BCUT2D eigenvalue weighted by molar-refractivity contribution is 0.0519. The van der Waals surface area contributed by atoms with Crippen molar-refractivity contribution in [2.24, 2.45) is 5.92 Å². The zero-order valence-corrected chi connectivity index (χ0v) is 16.4. The number of aryl methyl sites for hydroxylation is 1. The Morgan fingerprint density at radius 3 is 2.75 bits per heavy atom. The van der Waals surface area contributed by atoms with Gasteiger partial charge in [0.25, 0.3) is 11.5 Å². The van der Waals surface area contributed by atoms with Crippen LogP contribution in [0.3, 0.4) is 0 Å². The number of likely N-dealkylation sites (tertiary alicyclic amines) is 1. The number of pyridine rings is 1. The fourth-order valence-corrected chi connectivity index (χ4v) is 4.70. The average Bonchev–Trinajstić information content (AvgIpc) is 2.96. The van der Waals surface area contributed by atoms with Gasteiger partial charge in [-0.15, -0.1) is 0 Å². The molecule has 1 amide bonds. The van der Waals surface area contributed by atoms with Crippen molar-refractivity contribution in [2.45, 2.75) is 39.7 Å². The van der Waals surface area contributed by atoms with Crippen molar-refractivity contribution < 1.29 is 14.3 Å². The molecule has 1 fully saturated rings. The Hall–Kier alpha value is -2.83. The first kappa shape index (κ1) is 18.5. The summed E-state index contributed by atoms with van der Waals surface area (Å²) in [5, 5.41) is 0. The van der Waals surface area contributed by atoms with Crippen LogP contribution in [0.25, 0.3) is 0 Å². The van der Waals surface area contributed by atoms with Crippen LogP contribution in [-0.4, -0.2) is 46.0 Å². The van der Waals surface area contributed by atoms with E-state index in [1.165, 1.54) is 0 Å². The largest absolute Gasteiger partial charge is 0.461 e. The van der Waals surface area contributed by atoms with Crippen molar-refractivity contribution in [2.75, 3.05) is 19.7 Å². The molecule has 1 N–H and O–H groups in total. The second-order valence-electron chi connectivity index (χ2n) is 7.75. The fraction of sp³-hybridized carbons (Fsp3) is 0.476. The number of ether oxygens (including phenoxy) is 1. The van der Waals surface area contributed by atoms with Crippen LogP contribution in [0.2, 0.25) is 0 Å². The van der Waals surface area contributed by atoms with Gasteiger partial charge in [-0.3, -0.25) is 9.59 Å². The summed E-state index contributed by atoms with van der Waals surface area (Å²) in [6.07, 6.45) is 0.992. The van der Waals surface area contributed by atoms with Gasteiger partial charge in [0.15, 0.2) is 0 Å². The van der Waals surface area contributed by atoms with Crippen LogP contribution in [0.4, 0.5) is 0 Å². The zero-order chi connectivity index (χ0) is 20.0. The molecule has 0 unspecified atom stereocenters. The van der Waals surface area contributed by atoms with E-state index in [1.54, 1.807) is 26.0 Å². The highest BCUT2D eigenvalue weighted by molar-refractivity contribution is 6.01. The molecule has 2 bridgehead atoms. The van der Waals surface area contributed by atoms with Gasteiger partial charge in [0, 0.05) is 43.0 Å². The number of aromatic nitrogens is 2. The first-order chi connectivity index (χ1) is 13.4. The van der Waals surface area contributed by atoms with Crippen molar-refractivity contribution in [1.82, 2.24) is 14.5 Å². The van der Waals surface area contributed by atoms with Crippen LogP contribution in [0.1, 0.15) is 57.1 Å². The molecule has 2 aromatic rings. The number of amides is 1. The van der Waals surface area contributed by atoms with Crippen LogP contribution in [0, 0.1) is 19.8 Å². The molecule has 0 radical (unpaired) electrons. The molecule has 7 heteroatoms. The van der Waals surface area contributed by atoms with Gasteiger partial charge >= 0.3 is 5.97 Å². The third-order valence-electron chi connectivity index (χ3n) is 5.90. The summed E-state index contributed by atoms with van der Waals surface area (Å²) in [5.74, 6) is -0.0806. The van der Waals surface area contributed by atoms with E-state index in [0.717, 1.165) is 12.1 Å². The van der Waals surface area contributed by atoms with Crippen LogP contribution in [0.15, 0.2) is 23.0 Å². The van der Waals surface area contributed by atoms with Gasteiger partial charge in [-0.2, -0.15) is 0 Å². The summed E-state index contributed by atoms with van der Waals surface area (Å²) in [5.41, 5.74) is 3.25. The highest BCUT2D eigenvalue weighted by Gasteiger charge is 2.37. The highest BCUT2D eigenvalue weighted by Crippen LogP contribution is 2.36. The average molecular weight is 383 g/mol. The number of hydrogen-bond donors (Lipinski definition) is 1. The summed E-state index contributed by atoms with van der Waals surface area (Å²) in [6, 6.07) is 5.38. The summed E-state index contributed by atoms with van der Waals surface area (Å²) in [6.45, 7) is 7.48. The molecule has 0 aromatic carbocycles. The zero-order valence-electron chi connectivity index (χ0n) is 16.4.